The number of rotatable bonds is 5. The third-order valence-electron chi connectivity index (χ3n) is 3.27. The molecule has 118 valence electrons. The molecular weight excluding hydrogens is 328 g/mol. The fourth-order valence-corrected chi connectivity index (χ4v) is 3.81. The number of carbonyl (C=O) groups excluding carboxylic acids is 1. The molecule has 0 spiro atoms. The average molecular weight is 344 g/mol. The lowest BCUT2D eigenvalue weighted by atomic mass is 10.3. The van der Waals surface area contributed by atoms with E-state index in [9.17, 15) is 4.79 Å². The van der Waals surface area contributed by atoms with Crippen molar-refractivity contribution in [1.82, 2.24) is 19.9 Å². The van der Waals surface area contributed by atoms with Crippen molar-refractivity contribution in [2.24, 2.45) is 0 Å². The molecule has 23 heavy (non-hydrogen) atoms. The molecule has 3 aromatic rings. The second-order valence-corrected chi connectivity index (χ2v) is 7.11. The van der Waals surface area contributed by atoms with Crippen LogP contribution in [0.15, 0.2) is 35.4 Å². The highest BCUT2D eigenvalue weighted by Gasteiger charge is 2.14. The van der Waals surface area contributed by atoms with E-state index in [-0.39, 0.29) is 5.91 Å². The van der Waals surface area contributed by atoms with Crippen LogP contribution in [0.4, 0.5) is 0 Å². The van der Waals surface area contributed by atoms with Gasteiger partial charge in [0.25, 0.3) is 0 Å². The highest BCUT2D eigenvalue weighted by atomic mass is 32.1. The molecule has 0 saturated carbocycles. The Morgan fingerprint density at radius 2 is 2.13 bits per heavy atom. The molecule has 0 N–H and O–H groups in total. The van der Waals surface area contributed by atoms with Crippen molar-refractivity contribution < 1.29 is 4.79 Å². The lowest BCUT2D eigenvalue weighted by molar-refractivity contribution is -0.129. The first-order valence-electron chi connectivity index (χ1n) is 7.10. The van der Waals surface area contributed by atoms with E-state index in [2.05, 4.69) is 33.3 Å². The number of hydrogen-bond donors (Lipinski definition) is 0. The average Bonchev–Trinajstić information content (AvgIpc) is 3.17. The molecular formula is C16H16N4OS2. The Balaban J connectivity index is 1.63. The Bertz CT molecular complexity index is 797. The standard InChI is InChI=1S/C16H16N4OS2/c1-11-5-13(22-9-11)8-20(2)15(21)6-12-10-23-16(19-12)14-7-17-3-4-18-14/h3-5,7,9-10H,6,8H2,1-2H3. The van der Waals surface area contributed by atoms with Crippen LogP contribution in [-0.2, 0) is 17.8 Å². The summed E-state index contributed by atoms with van der Waals surface area (Å²) in [6.07, 6.45) is 5.24. The molecule has 5 nitrogen and oxygen atoms in total. The molecule has 3 heterocycles. The zero-order chi connectivity index (χ0) is 16.2. The molecule has 0 aliphatic heterocycles. The van der Waals surface area contributed by atoms with Gasteiger partial charge in [-0.1, -0.05) is 0 Å². The van der Waals surface area contributed by atoms with Crippen LogP contribution in [0.1, 0.15) is 16.1 Å². The number of thiophene rings is 1. The molecule has 3 aromatic heterocycles. The van der Waals surface area contributed by atoms with E-state index in [1.807, 2.05) is 12.4 Å². The largest absolute Gasteiger partial charge is 0.340 e. The molecule has 0 radical (unpaired) electrons. The highest BCUT2D eigenvalue weighted by molar-refractivity contribution is 7.13. The van der Waals surface area contributed by atoms with Crippen LogP contribution >= 0.6 is 22.7 Å². The number of carbonyl (C=O) groups is 1. The van der Waals surface area contributed by atoms with Gasteiger partial charge in [-0.2, -0.15) is 0 Å². The minimum atomic E-state index is 0.0621. The predicted molar refractivity (Wildman–Crippen MR) is 92.4 cm³/mol. The zero-order valence-corrected chi connectivity index (χ0v) is 14.5. The van der Waals surface area contributed by atoms with Gasteiger partial charge in [-0.3, -0.25) is 14.8 Å². The predicted octanol–water partition coefficient (Wildman–Crippen LogP) is 3.17. The van der Waals surface area contributed by atoms with Crippen molar-refractivity contribution in [3.8, 4) is 10.7 Å². The summed E-state index contributed by atoms with van der Waals surface area (Å²) >= 11 is 3.16. The second-order valence-electron chi connectivity index (χ2n) is 5.25. The summed E-state index contributed by atoms with van der Waals surface area (Å²) in [6, 6.07) is 2.11. The van der Waals surface area contributed by atoms with Gasteiger partial charge in [0, 0.05) is 29.7 Å². The van der Waals surface area contributed by atoms with Gasteiger partial charge in [0.2, 0.25) is 5.91 Å². The quantitative estimate of drug-likeness (QED) is 0.713. The first kappa shape index (κ1) is 15.8. The molecule has 0 aromatic carbocycles. The van der Waals surface area contributed by atoms with Gasteiger partial charge in [0.1, 0.15) is 10.7 Å². The number of nitrogens with zero attached hydrogens (tertiary/aromatic N) is 4. The molecule has 0 aliphatic rings. The van der Waals surface area contributed by atoms with E-state index in [1.165, 1.54) is 21.8 Å². The Morgan fingerprint density at radius 3 is 2.83 bits per heavy atom. The lowest BCUT2D eigenvalue weighted by Crippen LogP contribution is -2.27. The summed E-state index contributed by atoms with van der Waals surface area (Å²) in [5.74, 6) is 0.0621. The van der Waals surface area contributed by atoms with Crippen LogP contribution in [0.5, 0.6) is 0 Å². The van der Waals surface area contributed by atoms with Crippen LogP contribution < -0.4 is 0 Å². The molecule has 0 unspecified atom stereocenters. The molecule has 0 atom stereocenters. The van der Waals surface area contributed by atoms with E-state index >= 15 is 0 Å². The third-order valence-corrected chi connectivity index (χ3v) is 5.22. The maximum atomic E-state index is 12.3. The van der Waals surface area contributed by atoms with Crippen molar-refractivity contribution in [2.45, 2.75) is 19.9 Å². The van der Waals surface area contributed by atoms with E-state index in [0.29, 0.717) is 13.0 Å². The number of hydrogen-bond acceptors (Lipinski definition) is 6. The Labute approximate surface area is 142 Å². The van der Waals surface area contributed by atoms with Crippen LogP contribution in [0.25, 0.3) is 10.7 Å². The van der Waals surface area contributed by atoms with Gasteiger partial charge >= 0.3 is 0 Å². The van der Waals surface area contributed by atoms with Gasteiger partial charge in [0.05, 0.1) is 24.9 Å². The van der Waals surface area contributed by atoms with E-state index in [1.54, 1.807) is 34.8 Å². The summed E-state index contributed by atoms with van der Waals surface area (Å²) < 4.78 is 0. The monoisotopic (exact) mass is 344 g/mol. The topological polar surface area (TPSA) is 59.0 Å². The van der Waals surface area contributed by atoms with E-state index in [4.69, 9.17) is 0 Å². The van der Waals surface area contributed by atoms with Crippen molar-refractivity contribution >= 4 is 28.6 Å². The number of amides is 1. The Morgan fingerprint density at radius 1 is 1.26 bits per heavy atom. The van der Waals surface area contributed by atoms with Gasteiger partial charge in [0.15, 0.2) is 0 Å². The van der Waals surface area contributed by atoms with Crippen LogP contribution in [0, 0.1) is 6.92 Å². The summed E-state index contributed by atoms with van der Waals surface area (Å²) in [5, 5.41) is 4.80. The van der Waals surface area contributed by atoms with Crippen molar-refractivity contribution in [2.75, 3.05) is 7.05 Å². The summed E-state index contributed by atoms with van der Waals surface area (Å²) in [5.41, 5.74) is 2.74. The lowest BCUT2D eigenvalue weighted by Gasteiger charge is -2.15. The van der Waals surface area contributed by atoms with Gasteiger partial charge in [-0.05, 0) is 23.9 Å². The van der Waals surface area contributed by atoms with Crippen molar-refractivity contribution in [3.05, 3.63) is 51.6 Å². The maximum Gasteiger partial charge on any atom is 0.228 e. The van der Waals surface area contributed by atoms with Gasteiger partial charge in [-0.15, -0.1) is 22.7 Å². The first-order chi connectivity index (χ1) is 11.1. The fraction of sp³-hybridized carbons (Fsp3) is 0.250. The van der Waals surface area contributed by atoms with E-state index < -0.39 is 0 Å². The minimum absolute atomic E-state index is 0.0621. The van der Waals surface area contributed by atoms with Crippen molar-refractivity contribution in [3.63, 3.8) is 0 Å². The van der Waals surface area contributed by atoms with Gasteiger partial charge in [-0.25, -0.2) is 4.98 Å². The van der Waals surface area contributed by atoms with Gasteiger partial charge < -0.3 is 4.90 Å². The smallest absolute Gasteiger partial charge is 0.228 e. The zero-order valence-electron chi connectivity index (χ0n) is 12.9. The maximum absolute atomic E-state index is 12.3. The number of aromatic nitrogens is 3. The van der Waals surface area contributed by atoms with Crippen LogP contribution in [0.2, 0.25) is 0 Å². The highest BCUT2D eigenvalue weighted by Crippen LogP contribution is 2.21. The third kappa shape index (κ3) is 4.00. The normalized spacial score (nSPS) is 10.7. The minimum Gasteiger partial charge on any atom is -0.340 e. The molecule has 3 rings (SSSR count). The fourth-order valence-electron chi connectivity index (χ4n) is 2.10. The molecule has 7 heteroatoms. The number of likely N-dealkylation sites (N-methyl/N-ethyl adjacent to an activating group) is 1. The summed E-state index contributed by atoms with van der Waals surface area (Å²) in [4.78, 5) is 28.0. The molecule has 0 aliphatic carbocycles. The summed E-state index contributed by atoms with van der Waals surface area (Å²) in [7, 11) is 1.83. The molecule has 0 fully saturated rings. The van der Waals surface area contributed by atoms with E-state index in [0.717, 1.165) is 16.4 Å². The Kier molecular flexibility index (Phi) is 4.78. The first-order valence-corrected chi connectivity index (χ1v) is 8.86. The van der Waals surface area contributed by atoms with Crippen LogP contribution in [-0.4, -0.2) is 32.8 Å². The van der Waals surface area contributed by atoms with Crippen molar-refractivity contribution in [1.29, 1.82) is 0 Å². The molecule has 1 amide bonds. The molecule has 0 saturated heterocycles. The van der Waals surface area contributed by atoms with Crippen LogP contribution in [0.3, 0.4) is 0 Å². The SMILES string of the molecule is Cc1csc(CN(C)C(=O)Cc2csc(-c3cnccn3)n2)c1. The molecule has 0 bridgehead atoms. The number of thiazole rings is 1. The summed E-state index contributed by atoms with van der Waals surface area (Å²) in [6.45, 7) is 2.70. The Hall–Kier alpha value is -2.12. The number of aryl methyl sites for hydroxylation is 1. The second kappa shape index (κ2) is 6.97.